The molecule has 3 aromatic rings. The molecule has 2 heterocycles. The van der Waals surface area contributed by atoms with E-state index < -0.39 is 5.91 Å². The normalized spacial score (nSPS) is 19.1. The molecule has 1 saturated carbocycles. The van der Waals surface area contributed by atoms with E-state index in [0.29, 0.717) is 11.8 Å². The maximum atomic E-state index is 11.9. The van der Waals surface area contributed by atoms with Gasteiger partial charge in [0.05, 0.1) is 5.69 Å². The van der Waals surface area contributed by atoms with Crippen LogP contribution in [0.4, 0.5) is 17.5 Å². The summed E-state index contributed by atoms with van der Waals surface area (Å²) < 4.78 is 1.86. The first-order valence-corrected chi connectivity index (χ1v) is 9.64. The van der Waals surface area contributed by atoms with Gasteiger partial charge in [-0.05, 0) is 31.0 Å². The highest BCUT2D eigenvalue weighted by Gasteiger charge is 2.23. The second kappa shape index (κ2) is 7.92. The minimum absolute atomic E-state index is 0.0605. The standard InChI is InChI=1S/C19H25N9O/c1-27-11-23-28(27)13-6-4-5-12(9-13)24-18-14(17(21)29)10-22-19(26-18)25-16-8-3-2-7-15(16)20/h4-6,9-11,15-16H,2-3,7-8,20H2,1H3,(H2,21,29)(H2,22,24,25,26)/t15-,16+/m0/s1. The molecule has 1 aromatic carbocycles. The highest BCUT2D eigenvalue weighted by atomic mass is 16.1. The Kier molecular flexibility index (Phi) is 5.17. The molecule has 1 aliphatic rings. The smallest absolute Gasteiger partial charge is 0.254 e. The second-order valence-corrected chi connectivity index (χ2v) is 7.29. The molecule has 2 aromatic heterocycles. The number of carbonyl (C=O) groups excluding carboxylic acids is 1. The Hall–Kier alpha value is -3.40. The first kappa shape index (κ1) is 18.9. The van der Waals surface area contributed by atoms with Crippen LogP contribution in [-0.4, -0.2) is 42.5 Å². The Labute approximate surface area is 168 Å². The lowest BCUT2D eigenvalue weighted by atomic mass is 9.91. The molecule has 10 nitrogen and oxygen atoms in total. The fraction of sp³-hybridized carbons (Fsp3) is 0.368. The minimum atomic E-state index is -0.600. The van der Waals surface area contributed by atoms with Gasteiger partial charge in [0.2, 0.25) is 5.95 Å². The minimum Gasteiger partial charge on any atom is -0.365 e. The lowest BCUT2D eigenvalue weighted by molar-refractivity contribution is 0.100. The number of nitrogens with two attached hydrogens (primary N) is 2. The van der Waals surface area contributed by atoms with Gasteiger partial charge in [0.15, 0.2) is 0 Å². The third kappa shape index (κ3) is 4.06. The van der Waals surface area contributed by atoms with Crippen LogP contribution in [0.3, 0.4) is 0 Å². The number of anilines is 3. The molecular formula is C19H25N9O. The summed E-state index contributed by atoms with van der Waals surface area (Å²) in [6.07, 6.45) is 7.35. The van der Waals surface area contributed by atoms with Gasteiger partial charge in [0, 0.05) is 31.0 Å². The molecule has 152 valence electrons. The number of hydrogen-bond donors (Lipinski definition) is 4. The fourth-order valence-corrected chi connectivity index (χ4v) is 3.53. The van der Waals surface area contributed by atoms with Crippen LogP contribution in [0.15, 0.2) is 36.8 Å². The number of hydrogen-bond acceptors (Lipinski definition) is 7. The summed E-state index contributed by atoms with van der Waals surface area (Å²) in [4.78, 5) is 22.4. The summed E-state index contributed by atoms with van der Waals surface area (Å²) in [7, 11) is 1.90. The molecule has 4 rings (SSSR count). The van der Waals surface area contributed by atoms with Crippen LogP contribution in [0, 0.1) is 0 Å². The van der Waals surface area contributed by atoms with Gasteiger partial charge < -0.3 is 22.1 Å². The second-order valence-electron chi connectivity index (χ2n) is 7.29. The third-order valence-corrected chi connectivity index (χ3v) is 5.15. The Bertz CT molecular complexity index is 1010. The van der Waals surface area contributed by atoms with Gasteiger partial charge in [-0.3, -0.25) is 9.48 Å². The molecule has 0 aliphatic heterocycles. The van der Waals surface area contributed by atoms with Gasteiger partial charge in [-0.2, -0.15) is 9.78 Å². The predicted octanol–water partition coefficient (Wildman–Crippen LogP) is 1.53. The zero-order valence-corrected chi connectivity index (χ0v) is 16.2. The average Bonchev–Trinajstić information content (AvgIpc) is 2.69. The zero-order valence-electron chi connectivity index (χ0n) is 16.2. The highest BCUT2D eigenvalue weighted by Crippen LogP contribution is 2.24. The number of aryl methyl sites for hydroxylation is 1. The van der Waals surface area contributed by atoms with E-state index in [1.165, 1.54) is 6.20 Å². The Morgan fingerprint density at radius 2 is 2.10 bits per heavy atom. The van der Waals surface area contributed by atoms with Crippen LogP contribution in [0.25, 0.3) is 5.69 Å². The summed E-state index contributed by atoms with van der Waals surface area (Å²) in [6.45, 7) is 0. The van der Waals surface area contributed by atoms with Gasteiger partial charge in [-0.25, -0.2) is 4.98 Å². The van der Waals surface area contributed by atoms with Crippen LogP contribution in [0.5, 0.6) is 0 Å². The van der Waals surface area contributed by atoms with Crippen LogP contribution in [0.1, 0.15) is 36.0 Å². The number of rotatable bonds is 6. The molecule has 1 amide bonds. The van der Waals surface area contributed by atoms with Crippen molar-refractivity contribution in [2.45, 2.75) is 37.8 Å². The number of amides is 1. The van der Waals surface area contributed by atoms with E-state index in [2.05, 4.69) is 25.7 Å². The molecule has 29 heavy (non-hydrogen) atoms. The monoisotopic (exact) mass is 395 g/mol. The van der Waals surface area contributed by atoms with Crippen molar-refractivity contribution in [3.8, 4) is 5.69 Å². The van der Waals surface area contributed by atoms with Gasteiger partial charge in [-0.1, -0.05) is 18.9 Å². The van der Waals surface area contributed by atoms with E-state index in [-0.39, 0.29) is 17.6 Å². The number of aromatic nitrogens is 5. The summed E-state index contributed by atoms with van der Waals surface area (Å²) >= 11 is 0. The molecule has 1 aliphatic carbocycles. The molecule has 0 radical (unpaired) electrons. The quantitative estimate of drug-likeness (QED) is 0.496. The van der Waals surface area contributed by atoms with Crippen molar-refractivity contribution in [2.75, 3.05) is 10.6 Å². The van der Waals surface area contributed by atoms with Gasteiger partial charge in [0.1, 0.15) is 17.7 Å². The molecular weight excluding hydrogens is 370 g/mol. The maximum Gasteiger partial charge on any atom is 0.254 e. The molecule has 1 fully saturated rings. The predicted molar refractivity (Wildman–Crippen MR) is 110 cm³/mol. The summed E-state index contributed by atoms with van der Waals surface area (Å²) in [5, 5.41) is 10.7. The Morgan fingerprint density at radius 3 is 2.79 bits per heavy atom. The van der Waals surface area contributed by atoms with Crippen molar-refractivity contribution in [1.29, 1.82) is 0 Å². The third-order valence-electron chi connectivity index (χ3n) is 5.15. The van der Waals surface area contributed by atoms with Crippen LogP contribution in [0.2, 0.25) is 0 Å². The van der Waals surface area contributed by atoms with Crippen LogP contribution < -0.4 is 22.1 Å². The van der Waals surface area contributed by atoms with Gasteiger partial charge in [-0.15, -0.1) is 5.10 Å². The van der Waals surface area contributed by atoms with Crippen LogP contribution in [-0.2, 0) is 7.05 Å². The first-order chi connectivity index (χ1) is 14.0. The van der Waals surface area contributed by atoms with Crippen molar-refractivity contribution in [3.05, 3.63) is 42.4 Å². The van der Waals surface area contributed by atoms with Crippen molar-refractivity contribution >= 4 is 23.4 Å². The molecule has 0 unspecified atom stereocenters. The molecule has 0 saturated heterocycles. The van der Waals surface area contributed by atoms with E-state index in [1.54, 1.807) is 11.1 Å². The van der Waals surface area contributed by atoms with E-state index >= 15 is 0 Å². The van der Waals surface area contributed by atoms with Crippen molar-refractivity contribution in [1.82, 2.24) is 24.5 Å². The number of nitrogens with one attached hydrogen (secondary N) is 2. The lowest BCUT2D eigenvalue weighted by Crippen LogP contribution is -2.43. The molecule has 6 N–H and O–H groups in total. The fourth-order valence-electron chi connectivity index (χ4n) is 3.53. The van der Waals surface area contributed by atoms with Gasteiger partial charge >= 0.3 is 0 Å². The Morgan fingerprint density at radius 1 is 1.28 bits per heavy atom. The molecule has 10 heteroatoms. The highest BCUT2D eigenvalue weighted by molar-refractivity contribution is 5.98. The van der Waals surface area contributed by atoms with E-state index in [0.717, 1.165) is 37.1 Å². The number of nitrogens with zero attached hydrogens (tertiary/aromatic N) is 5. The largest absolute Gasteiger partial charge is 0.365 e. The van der Waals surface area contributed by atoms with Crippen LogP contribution >= 0.6 is 0 Å². The zero-order chi connectivity index (χ0) is 20.4. The summed E-state index contributed by atoms with van der Waals surface area (Å²) in [6, 6.07) is 7.79. The van der Waals surface area contributed by atoms with E-state index in [1.807, 2.05) is 36.0 Å². The SMILES string of the molecule is Cn1cnn1-c1cccc(Nc2nc(N[C@@H]3CCCC[C@@H]3N)ncc2C(N)=O)c1. The van der Waals surface area contributed by atoms with Gasteiger partial charge in [0.25, 0.3) is 5.91 Å². The topological polar surface area (TPSA) is 142 Å². The number of carbonyl (C=O) groups is 1. The number of benzene rings is 1. The van der Waals surface area contributed by atoms with Crippen molar-refractivity contribution < 1.29 is 4.79 Å². The summed E-state index contributed by atoms with van der Waals surface area (Å²) in [5.74, 6) is 0.164. The van der Waals surface area contributed by atoms with E-state index in [4.69, 9.17) is 11.5 Å². The average molecular weight is 395 g/mol. The lowest BCUT2D eigenvalue weighted by Gasteiger charge is -2.29. The Balaban J connectivity index is 1.59. The van der Waals surface area contributed by atoms with Crippen molar-refractivity contribution in [3.63, 3.8) is 0 Å². The maximum absolute atomic E-state index is 11.9. The molecule has 0 bridgehead atoms. The number of primary amides is 1. The summed E-state index contributed by atoms with van der Waals surface area (Å²) in [5.41, 5.74) is 13.6. The molecule has 2 atom stereocenters. The van der Waals surface area contributed by atoms with Crippen molar-refractivity contribution in [2.24, 2.45) is 18.5 Å². The first-order valence-electron chi connectivity index (χ1n) is 9.64. The molecule has 0 spiro atoms. The van der Waals surface area contributed by atoms with E-state index in [9.17, 15) is 4.79 Å².